The molecule has 0 aromatic heterocycles. The Labute approximate surface area is 107 Å². The quantitative estimate of drug-likeness (QED) is 0.378. The zero-order chi connectivity index (χ0) is 10.3. The van der Waals surface area contributed by atoms with Gasteiger partial charge in [-0.3, -0.25) is 9.59 Å². The van der Waals surface area contributed by atoms with Crippen LogP contribution in [0.4, 0.5) is 0 Å². The van der Waals surface area contributed by atoms with E-state index in [1.54, 1.807) is 20.8 Å². The van der Waals surface area contributed by atoms with E-state index in [0.29, 0.717) is 6.42 Å². The normalized spacial score (nSPS) is 9.14. The van der Waals surface area contributed by atoms with Gasteiger partial charge >= 0.3 is 41.5 Å². The number of hydrogen-bond donors (Lipinski definition) is 0. The van der Waals surface area contributed by atoms with E-state index in [1.807, 2.05) is 0 Å². The molecule has 0 bridgehead atoms. The van der Waals surface area contributed by atoms with Crippen LogP contribution in [-0.2, 0) is 19.1 Å². The molecule has 0 atom stereocenters. The Morgan fingerprint density at radius 1 is 1.00 bits per heavy atom. The van der Waals surface area contributed by atoms with Crippen LogP contribution in [0.3, 0.4) is 0 Å². The first kappa shape index (κ1) is 16.4. The van der Waals surface area contributed by atoms with E-state index < -0.39 is 17.9 Å². The summed E-state index contributed by atoms with van der Waals surface area (Å²) in [4.78, 5) is 22.3. The van der Waals surface area contributed by atoms with Gasteiger partial charge in [0.25, 0.3) is 0 Å². The monoisotopic (exact) mass is 212 g/mol. The van der Waals surface area contributed by atoms with Crippen LogP contribution in [0.1, 0.15) is 27.2 Å². The van der Waals surface area contributed by atoms with E-state index in [9.17, 15) is 9.59 Å². The minimum atomic E-state index is -0.764. The van der Waals surface area contributed by atoms with Gasteiger partial charge < -0.3 is 9.47 Å². The number of esters is 2. The van der Waals surface area contributed by atoms with E-state index in [0.717, 1.165) is 0 Å². The van der Waals surface area contributed by atoms with E-state index in [4.69, 9.17) is 9.47 Å². The predicted octanol–water partition coefficient (Wildman–Crippen LogP) is 0.490. The first-order valence-corrected chi connectivity index (χ1v) is 4.50. The second-order valence-electron chi connectivity index (χ2n) is 2.46. The molecule has 0 unspecified atom stereocenters. The van der Waals surface area contributed by atoms with Gasteiger partial charge in [-0.2, -0.15) is 0 Å². The molecule has 0 radical (unpaired) electrons. The van der Waals surface area contributed by atoms with Gasteiger partial charge in [0.1, 0.15) is 0 Å². The molecule has 0 spiro atoms. The van der Waals surface area contributed by atoms with Gasteiger partial charge in [0.15, 0.2) is 5.92 Å². The van der Waals surface area contributed by atoms with Crippen LogP contribution >= 0.6 is 0 Å². The first-order valence-electron chi connectivity index (χ1n) is 4.50. The second-order valence-corrected chi connectivity index (χ2v) is 2.46. The minimum absolute atomic E-state index is 0. The van der Waals surface area contributed by atoms with Crippen LogP contribution in [0.5, 0.6) is 0 Å². The number of hydrogen-bond acceptors (Lipinski definition) is 4. The number of rotatable bonds is 5. The average molecular weight is 212 g/mol. The molecule has 0 heterocycles. The fourth-order valence-corrected chi connectivity index (χ4v) is 0.915. The fourth-order valence-electron chi connectivity index (χ4n) is 0.915. The topological polar surface area (TPSA) is 52.6 Å². The van der Waals surface area contributed by atoms with Gasteiger partial charge in [-0.15, -0.1) is 0 Å². The third-order valence-corrected chi connectivity index (χ3v) is 1.55. The van der Waals surface area contributed by atoms with Crippen LogP contribution in [0.25, 0.3) is 0 Å². The van der Waals surface area contributed by atoms with Crippen molar-refractivity contribution in [3.8, 4) is 0 Å². The molecule has 5 heteroatoms. The number of carbonyl (C=O) groups excluding carboxylic acids is 2. The maximum atomic E-state index is 11.2. The molecule has 14 heavy (non-hydrogen) atoms. The van der Waals surface area contributed by atoms with Crippen LogP contribution in [0, 0.1) is 5.92 Å². The van der Waals surface area contributed by atoms with Crippen LogP contribution in [0.15, 0.2) is 0 Å². The summed E-state index contributed by atoms with van der Waals surface area (Å²) in [5, 5.41) is 0. The van der Waals surface area contributed by atoms with Crippen molar-refractivity contribution in [3.05, 3.63) is 0 Å². The summed E-state index contributed by atoms with van der Waals surface area (Å²) >= 11 is 0. The summed E-state index contributed by atoms with van der Waals surface area (Å²) in [5.41, 5.74) is 0. The van der Waals surface area contributed by atoms with Crippen molar-refractivity contribution in [1.82, 2.24) is 0 Å². The molecule has 0 aliphatic rings. The molecular formula is C9H17NaO4. The Morgan fingerprint density at radius 3 is 1.57 bits per heavy atom. The Hall–Kier alpha value is -0.0600. The molecule has 0 aliphatic carbocycles. The SMILES string of the molecule is CCOC(=O)C(CC)C(=O)OCC.[NaH]. The van der Waals surface area contributed by atoms with Crippen molar-refractivity contribution >= 4 is 41.5 Å². The van der Waals surface area contributed by atoms with Gasteiger partial charge in [0.2, 0.25) is 0 Å². The Kier molecular flexibility index (Phi) is 11.1. The molecule has 0 aromatic carbocycles. The summed E-state index contributed by atoms with van der Waals surface area (Å²) in [6, 6.07) is 0. The Bertz CT molecular complexity index is 164. The van der Waals surface area contributed by atoms with Crippen molar-refractivity contribution < 1.29 is 19.1 Å². The van der Waals surface area contributed by atoms with Crippen molar-refractivity contribution in [2.24, 2.45) is 5.92 Å². The summed E-state index contributed by atoms with van der Waals surface area (Å²) in [7, 11) is 0. The van der Waals surface area contributed by atoms with Gasteiger partial charge in [0, 0.05) is 0 Å². The van der Waals surface area contributed by atoms with Crippen molar-refractivity contribution in [3.63, 3.8) is 0 Å². The molecule has 0 fully saturated rings. The van der Waals surface area contributed by atoms with Crippen LogP contribution in [0.2, 0.25) is 0 Å². The zero-order valence-corrected chi connectivity index (χ0v) is 8.33. The zero-order valence-electron chi connectivity index (χ0n) is 8.33. The first-order chi connectivity index (χ1) is 6.17. The Morgan fingerprint density at radius 2 is 1.36 bits per heavy atom. The van der Waals surface area contributed by atoms with Gasteiger partial charge in [-0.25, -0.2) is 0 Å². The number of carbonyl (C=O) groups is 2. The van der Waals surface area contributed by atoms with Gasteiger partial charge in [-0.1, -0.05) is 6.92 Å². The molecule has 0 aromatic rings. The molecule has 0 N–H and O–H groups in total. The predicted molar refractivity (Wildman–Crippen MR) is 54.2 cm³/mol. The third kappa shape index (κ3) is 5.62. The van der Waals surface area contributed by atoms with Crippen molar-refractivity contribution in [1.29, 1.82) is 0 Å². The third-order valence-electron chi connectivity index (χ3n) is 1.55. The van der Waals surface area contributed by atoms with Crippen molar-refractivity contribution in [2.45, 2.75) is 27.2 Å². The van der Waals surface area contributed by atoms with E-state index >= 15 is 0 Å². The summed E-state index contributed by atoms with van der Waals surface area (Å²) in [6.07, 6.45) is 0.414. The van der Waals surface area contributed by atoms with Crippen LogP contribution in [-0.4, -0.2) is 54.7 Å². The Balaban J connectivity index is 0. The average Bonchev–Trinajstić information content (AvgIpc) is 2.06. The molecule has 4 nitrogen and oxygen atoms in total. The molecule has 78 valence electrons. The van der Waals surface area contributed by atoms with Crippen LogP contribution < -0.4 is 0 Å². The van der Waals surface area contributed by atoms with E-state index in [1.165, 1.54) is 0 Å². The van der Waals surface area contributed by atoms with E-state index in [2.05, 4.69) is 0 Å². The molecule has 0 aliphatic heterocycles. The molecular weight excluding hydrogens is 195 g/mol. The van der Waals surface area contributed by atoms with Gasteiger partial charge in [0.05, 0.1) is 13.2 Å². The molecule has 0 amide bonds. The molecule has 0 rings (SSSR count). The second kappa shape index (κ2) is 9.49. The molecule has 0 saturated heterocycles. The standard InChI is InChI=1S/C9H16O4.Na.H/c1-4-7(8(10)12-5-2)9(11)13-6-3;;/h7H,4-6H2,1-3H3;;. The van der Waals surface area contributed by atoms with Gasteiger partial charge in [-0.05, 0) is 20.3 Å². The summed E-state index contributed by atoms with van der Waals surface area (Å²) in [6.45, 7) is 5.73. The maximum absolute atomic E-state index is 11.2. The fraction of sp³-hybridized carbons (Fsp3) is 0.778. The number of ether oxygens (including phenoxy) is 2. The van der Waals surface area contributed by atoms with Crippen molar-refractivity contribution in [2.75, 3.05) is 13.2 Å². The van der Waals surface area contributed by atoms with E-state index in [-0.39, 0.29) is 42.8 Å². The molecule has 0 saturated carbocycles. The summed E-state index contributed by atoms with van der Waals surface area (Å²) < 4.78 is 9.45. The summed E-state index contributed by atoms with van der Waals surface area (Å²) in [5.74, 6) is -1.76.